The van der Waals surface area contributed by atoms with E-state index in [2.05, 4.69) is 27.1 Å². The Morgan fingerprint density at radius 3 is 2.76 bits per heavy atom. The van der Waals surface area contributed by atoms with Crippen molar-refractivity contribution < 1.29 is 14.2 Å². The minimum absolute atomic E-state index is 0.130. The van der Waals surface area contributed by atoms with Crippen molar-refractivity contribution in [3.63, 3.8) is 0 Å². The Morgan fingerprint density at radius 1 is 1.12 bits per heavy atom. The molecule has 1 atom stereocenters. The number of hydrogen-bond donors (Lipinski definition) is 0. The standard InChI is InChI=1S/C18H24N4O3/c1-13-19-14(2)22(20-13)12-16-11-21(5-6-23-16)10-15-3-4-17-18(9-15)25-8-7-24-17/h3-4,9,16H,5-8,10-12H2,1-2H3/t16-/m0/s1. The second kappa shape index (κ2) is 7.01. The molecule has 0 radical (unpaired) electrons. The first-order valence-corrected chi connectivity index (χ1v) is 8.78. The van der Waals surface area contributed by atoms with Gasteiger partial charge in [-0.15, -0.1) is 0 Å². The third-order valence-corrected chi connectivity index (χ3v) is 4.57. The van der Waals surface area contributed by atoms with Crippen LogP contribution >= 0.6 is 0 Å². The molecule has 134 valence electrons. The summed E-state index contributed by atoms with van der Waals surface area (Å²) in [4.78, 5) is 6.78. The predicted octanol–water partition coefficient (Wildman–Crippen LogP) is 1.57. The third kappa shape index (κ3) is 3.77. The summed E-state index contributed by atoms with van der Waals surface area (Å²) in [6.45, 7) is 9.31. The maximum absolute atomic E-state index is 5.93. The minimum Gasteiger partial charge on any atom is -0.486 e. The molecular formula is C18H24N4O3. The van der Waals surface area contributed by atoms with Gasteiger partial charge in [-0.3, -0.25) is 4.90 Å². The lowest BCUT2D eigenvalue weighted by Crippen LogP contribution is -2.44. The van der Waals surface area contributed by atoms with Crippen LogP contribution in [0.15, 0.2) is 18.2 Å². The number of nitrogens with zero attached hydrogens (tertiary/aromatic N) is 4. The maximum Gasteiger partial charge on any atom is 0.161 e. The molecule has 0 bridgehead atoms. The molecule has 4 rings (SSSR count). The predicted molar refractivity (Wildman–Crippen MR) is 91.9 cm³/mol. The van der Waals surface area contributed by atoms with Crippen LogP contribution in [0, 0.1) is 13.8 Å². The summed E-state index contributed by atoms with van der Waals surface area (Å²) >= 11 is 0. The van der Waals surface area contributed by atoms with E-state index in [0.29, 0.717) is 13.2 Å². The second-order valence-electron chi connectivity index (χ2n) is 6.59. The quantitative estimate of drug-likeness (QED) is 0.839. The van der Waals surface area contributed by atoms with E-state index in [4.69, 9.17) is 14.2 Å². The van der Waals surface area contributed by atoms with Crippen LogP contribution < -0.4 is 9.47 Å². The summed E-state index contributed by atoms with van der Waals surface area (Å²) in [6.07, 6.45) is 0.130. The van der Waals surface area contributed by atoms with Crippen molar-refractivity contribution in [2.75, 3.05) is 32.9 Å². The van der Waals surface area contributed by atoms with Crippen molar-refractivity contribution in [2.45, 2.75) is 33.0 Å². The van der Waals surface area contributed by atoms with E-state index in [9.17, 15) is 0 Å². The van der Waals surface area contributed by atoms with Crippen molar-refractivity contribution in [2.24, 2.45) is 0 Å². The average Bonchev–Trinajstić information content (AvgIpc) is 2.92. The molecule has 0 N–H and O–H groups in total. The first-order valence-electron chi connectivity index (χ1n) is 8.78. The van der Waals surface area contributed by atoms with Gasteiger partial charge in [0, 0.05) is 19.6 Å². The molecule has 0 aliphatic carbocycles. The summed E-state index contributed by atoms with van der Waals surface area (Å²) in [7, 11) is 0. The summed E-state index contributed by atoms with van der Waals surface area (Å²) in [5.74, 6) is 3.43. The van der Waals surface area contributed by atoms with Crippen LogP contribution in [-0.4, -0.2) is 58.7 Å². The van der Waals surface area contributed by atoms with E-state index >= 15 is 0 Å². The van der Waals surface area contributed by atoms with Crippen molar-refractivity contribution in [3.8, 4) is 11.5 Å². The number of ether oxygens (including phenoxy) is 3. The molecule has 1 aromatic heterocycles. The number of fused-ring (bicyclic) bond motifs is 1. The molecule has 1 aromatic carbocycles. The van der Waals surface area contributed by atoms with Crippen molar-refractivity contribution >= 4 is 0 Å². The van der Waals surface area contributed by atoms with E-state index in [1.165, 1.54) is 5.56 Å². The number of aromatic nitrogens is 3. The van der Waals surface area contributed by atoms with E-state index in [0.717, 1.165) is 55.9 Å². The highest BCUT2D eigenvalue weighted by atomic mass is 16.6. The molecule has 25 heavy (non-hydrogen) atoms. The van der Waals surface area contributed by atoms with Crippen LogP contribution in [0.1, 0.15) is 17.2 Å². The molecule has 2 aliphatic heterocycles. The number of aryl methyl sites for hydroxylation is 2. The topological polar surface area (TPSA) is 61.6 Å². The van der Waals surface area contributed by atoms with Crippen molar-refractivity contribution in [1.29, 1.82) is 0 Å². The zero-order valence-electron chi connectivity index (χ0n) is 14.8. The summed E-state index contributed by atoms with van der Waals surface area (Å²) in [6, 6.07) is 6.20. The summed E-state index contributed by atoms with van der Waals surface area (Å²) < 4.78 is 19.1. The van der Waals surface area contributed by atoms with Crippen LogP contribution in [0.5, 0.6) is 11.5 Å². The number of hydrogen-bond acceptors (Lipinski definition) is 6. The lowest BCUT2D eigenvalue weighted by molar-refractivity contribution is -0.0405. The smallest absolute Gasteiger partial charge is 0.161 e. The summed E-state index contributed by atoms with van der Waals surface area (Å²) in [5.41, 5.74) is 1.23. The molecule has 1 fully saturated rings. The fourth-order valence-electron chi connectivity index (χ4n) is 3.41. The van der Waals surface area contributed by atoms with Crippen LogP contribution in [0.2, 0.25) is 0 Å². The van der Waals surface area contributed by atoms with Gasteiger partial charge in [-0.05, 0) is 31.5 Å². The van der Waals surface area contributed by atoms with Crippen LogP contribution in [0.3, 0.4) is 0 Å². The highest BCUT2D eigenvalue weighted by Gasteiger charge is 2.22. The Balaban J connectivity index is 1.39. The fourth-order valence-corrected chi connectivity index (χ4v) is 3.41. The van der Waals surface area contributed by atoms with Gasteiger partial charge in [0.05, 0.1) is 19.3 Å². The molecule has 1 saturated heterocycles. The lowest BCUT2D eigenvalue weighted by Gasteiger charge is -2.33. The monoisotopic (exact) mass is 344 g/mol. The molecule has 0 saturated carbocycles. The fraction of sp³-hybridized carbons (Fsp3) is 0.556. The molecule has 7 heteroatoms. The first kappa shape index (κ1) is 16.4. The second-order valence-corrected chi connectivity index (χ2v) is 6.59. The van der Waals surface area contributed by atoms with E-state index in [-0.39, 0.29) is 6.10 Å². The molecule has 0 spiro atoms. The van der Waals surface area contributed by atoms with Gasteiger partial charge in [0.15, 0.2) is 11.5 Å². The Labute approximate surface area is 147 Å². The Hall–Kier alpha value is -2.12. The number of morpholine rings is 1. The zero-order chi connectivity index (χ0) is 17.2. The van der Waals surface area contributed by atoms with E-state index in [1.807, 2.05) is 24.6 Å². The minimum atomic E-state index is 0.130. The molecular weight excluding hydrogens is 320 g/mol. The Bertz CT molecular complexity index is 746. The van der Waals surface area contributed by atoms with Gasteiger partial charge in [-0.1, -0.05) is 6.07 Å². The van der Waals surface area contributed by atoms with Crippen LogP contribution in [0.4, 0.5) is 0 Å². The van der Waals surface area contributed by atoms with Gasteiger partial charge >= 0.3 is 0 Å². The van der Waals surface area contributed by atoms with Gasteiger partial charge in [-0.25, -0.2) is 9.67 Å². The highest BCUT2D eigenvalue weighted by molar-refractivity contribution is 5.43. The van der Waals surface area contributed by atoms with E-state index in [1.54, 1.807) is 0 Å². The Kier molecular flexibility index (Phi) is 4.59. The van der Waals surface area contributed by atoms with Crippen LogP contribution in [0.25, 0.3) is 0 Å². The normalized spacial score (nSPS) is 20.6. The Morgan fingerprint density at radius 2 is 1.96 bits per heavy atom. The average molecular weight is 344 g/mol. The number of benzene rings is 1. The summed E-state index contributed by atoms with van der Waals surface area (Å²) in [5, 5.41) is 4.44. The maximum atomic E-state index is 5.93. The lowest BCUT2D eigenvalue weighted by atomic mass is 10.1. The third-order valence-electron chi connectivity index (χ3n) is 4.57. The molecule has 2 aliphatic rings. The molecule has 7 nitrogen and oxygen atoms in total. The molecule has 2 aromatic rings. The van der Waals surface area contributed by atoms with Gasteiger partial charge in [-0.2, -0.15) is 5.10 Å². The van der Waals surface area contributed by atoms with E-state index < -0.39 is 0 Å². The van der Waals surface area contributed by atoms with Crippen LogP contribution in [-0.2, 0) is 17.8 Å². The van der Waals surface area contributed by atoms with Gasteiger partial charge in [0.25, 0.3) is 0 Å². The number of rotatable bonds is 4. The SMILES string of the molecule is Cc1nc(C)n(C[C@@H]2CN(Cc3ccc4c(c3)OCCO4)CCO2)n1. The molecule has 0 unspecified atom stereocenters. The first-order chi connectivity index (χ1) is 12.2. The largest absolute Gasteiger partial charge is 0.486 e. The van der Waals surface area contributed by atoms with Gasteiger partial charge in [0.1, 0.15) is 24.9 Å². The molecule has 0 amide bonds. The highest BCUT2D eigenvalue weighted by Crippen LogP contribution is 2.31. The van der Waals surface area contributed by atoms with Crippen molar-refractivity contribution in [1.82, 2.24) is 19.7 Å². The zero-order valence-corrected chi connectivity index (χ0v) is 14.8. The van der Waals surface area contributed by atoms with Crippen molar-refractivity contribution in [3.05, 3.63) is 35.4 Å². The van der Waals surface area contributed by atoms with Gasteiger partial charge < -0.3 is 14.2 Å². The molecule has 3 heterocycles. The van der Waals surface area contributed by atoms with Gasteiger partial charge in [0.2, 0.25) is 0 Å².